The Balaban J connectivity index is 1.44. The Labute approximate surface area is 160 Å². The molecule has 0 N–H and O–H groups in total. The van der Waals surface area contributed by atoms with Gasteiger partial charge in [-0.15, -0.1) is 0 Å². The van der Waals surface area contributed by atoms with Crippen LogP contribution in [0.25, 0.3) is 0 Å². The number of esters is 1. The van der Waals surface area contributed by atoms with Crippen LogP contribution in [0.1, 0.15) is 43.0 Å². The average molecular weight is 370 g/mol. The molecule has 1 unspecified atom stereocenters. The summed E-state index contributed by atoms with van der Waals surface area (Å²) >= 11 is 0. The van der Waals surface area contributed by atoms with Crippen molar-refractivity contribution in [2.24, 2.45) is 0 Å². The Morgan fingerprint density at radius 2 is 1.56 bits per heavy atom. The van der Waals surface area contributed by atoms with Crippen molar-refractivity contribution in [2.45, 2.75) is 38.7 Å². The Kier molecular flexibility index (Phi) is 7.11. The van der Waals surface area contributed by atoms with Gasteiger partial charge in [-0.25, -0.2) is 4.79 Å². The number of hydrogen-bond acceptors (Lipinski definition) is 5. The van der Waals surface area contributed by atoms with Crippen molar-refractivity contribution in [2.75, 3.05) is 19.8 Å². The number of rotatable bonds is 11. The number of hydrogen-bond donors (Lipinski definition) is 0. The lowest BCUT2D eigenvalue weighted by Crippen LogP contribution is -2.09. The van der Waals surface area contributed by atoms with E-state index in [9.17, 15) is 4.79 Å². The van der Waals surface area contributed by atoms with Gasteiger partial charge < -0.3 is 18.9 Å². The van der Waals surface area contributed by atoms with Crippen LogP contribution in [0.15, 0.2) is 48.5 Å². The predicted molar refractivity (Wildman–Crippen MR) is 103 cm³/mol. The number of epoxide rings is 1. The fourth-order valence-corrected chi connectivity index (χ4v) is 2.53. The minimum absolute atomic E-state index is 0.206. The van der Waals surface area contributed by atoms with Gasteiger partial charge in [-0.05, 0) is 55.0 Å². The second-order valence-corrected chi connectivity index (χ2v) is 6.56. The van der Waals surface area contributed by atoms with Crippen LogP contribution in [0.5, 0.6) is 17.2 Å². The second kappa shape index (κ2) is 9.97. The van der Waals surface area contributed by atoms with Gasteiger partial charge in [0, 0.05) is 0 Å². The first kappa shape index (κ1) is 19.2. The summed E-state index contributed by atoms with van der Waals surface area (Å²) in [4.78, 5) is 12.2. The summed E-state index contributed by atoms with van der Waals surface area (Å²) < 4.78 is 21.8. The van der Waals surface area contributed by atoms with E-state index in [0.717, 1.165) is 18.8 Å². The van der Waals surface area contributed by atoms with Crippen LogP contribution in [0, 0.1) is 0 Å². The molecule has 0 saturated carbocycles. The quantitative estimate of drug-likeness (QED) is 0.250. The molecule has 1 aliphatic rings. The van der Waals surface area contributed by atoms with E-state index < -0.39 is 5.97 Å². The molecule has 0 spiro atoms. The van der Waals surface area contributed by atoms with Crippen LogP contribution in [-0.2, 0) is 4.74 Å². The largest absolute Gasteiger partial charge is 0.494 e. The number of carbonyl (C=O) groups excluding carboxylic acids is 1. The molecule has 144 valence electrons. The molecule has 0 amide bonds. The monoisotopic (exact) mass is 370 g/mol. The summed E-state index contributed by atoms with van der Waals surface area (Å²) in [5, 5.41) is 0. The molecule has 2 aromatic carbocycles. The molecule has 5 nitrogen and oxygen atoms in total. The van der Waals surface area contributed by atoms with Gasteiger partial charge in [-0.2, -0.15) is 0 Å². The van der Waals surface area contributed by atoms with Gasteiger partial charge in [-0.3, -0.25) is 0 Å². The molecule has 0 aliphatic carbocycles. The third-order valence-electron chi connectivity index (χ3n) is 4.23. The van der Waals surface area contributed by atoms with Gasteiger partial charge >= 0.3 is 5.97 Å². The lowest BCUT2D eigenvalue weighted by atomic mass is 10.2. The molecule has 1 heterocycles. The van der Waals surface area contributed by atoms with Crippen molar-refractivity contribution < 1.29 is 23.7 Å². The lowest BCUT2D eigenvalue weighted by molar-refractivity contribution is 0.0734. The number of carbonyl (C=O) groups is 1. The van der Waals surface area contributed by atoms with Crippen LogP contribution in [-0.4, -0.2) is 31.9 Å². The second-order valence-electron chi connectivity index (χ2n) is 6.56. The topological polar surface area (TPSA) is 57.3 Å². The van der Waals surface area contributed by atoms with Crippen LogP contribution in [0.2, 0.25) is 0 Å². The highest BCUT2D eigenvalue weighted by Gasteiger charge is 2.23. The van der Waals surface area contributed by atoms with Gasteiger partial charge in [0.1, 0.15) is 30.0 Å². The summed E-state index contributed by atoms with van der Waals surface area (Å²) in [6, 6.07) is 14.0. The molecule has 1 fully saturated rings. The van der Waals surface area contributed by atoms with Crippen molar-refractivity contribution in [1.29, 1.82) is 0 Å². The fourth-order valence-electron chi connectivity index (χ4n) is 2.53. The standard InChI is InChI=1S/C22H26O5/c1-2-3-4-5-14-24-18-10-12-20(13-11-18)27-22(23)17-6-8-19(9-7-17)25-15-21-16-26-21/h6-13,21H,2-5,14-16H2,1H3. The van der Waals surface area contributed by atoms with Gasteiger partial charge in [-0.1, -0.05) is 26.2 Å². The summed E-state index contributed by atoms with van der Waals surface area (Å²) in [5.74, 6) is 1.58. The fraction of sp³-hybridized carbons (Fsp3) is 0.409. The molecular weight excluding hydrogens is 344 g/mol. The van der Waals surface area contributed by atoms with Crippen LogP contribution in [0.3, 0.4) is 0 Å². The summed E-state index contributed by atoms with van der Waals surface area (Å²) in [6.45, 7) is 4.19. The Bertz CT molecular complexity index is 704. The van der Waals surface area contributed by atoms with Gasteiger partial charge in [0.2, 0.25) is 0 Å². The van der Waals surface area contributed by atoms with Crippen molar-refractivity contribution >= 4 is 5.97 Å². The zero-order chi connectivity index (χ0) is 18.9. The molecule has 5 heteroatoms. The molecule has 27 heavy (non-hydrogen) atoms. The van der Waals surface area contributed by atoms with E-state index in [1.165, 1.54) is 19.3 Å². The van der Waals surface area contributed by atoms with Crippen molar-refractivity contribution in [1.82, 2.24) is 0 Å². The minimum atomic E-state index is -0.402. The van der Waals surface area contributed by atoms with Gasteiger partial charge in [0.05, 0.1) is 18.8 Å². The van der Waals surface area contributed by atoms with Crippen LogP contribution >= 0.6 is 0 Å². The number of ether oxygens (including phenoxy) is 4. The normalized spacial score (nSPS) is 15.2. The molecule has 0 radical (unpaired) electrons. The van der Waals surface area contributed by atoms with E-state index in [-0.39, 0.29) is 6.10 Å². The van der Waals surface area contributed by atoms with Gasteiger partial charge in [0.15, 0.2) is 0 Å². The first-order valence-corrected chi connectivity index (χ1v) is 9.54. The van der Waals surface area contributed by atoms with Crippen LogP contribution in [0.4, 0.5) is 0 Å². The predicted octanol–water partition coefficient (Wildman–Crippen LogP) is 4.64. The Morgan fingerprint density at radius 1 is 0.926 bits per heavy atom. The molecule has 1 aliphatic heterocycles. The maximum Gasteiger partial charge on any atom is 0.343 e. The molecule has 0 bridgehead atoms. The summed E-state index contributed by atoms with van der Waals surface area (Å²) in [5.41, 5.74) is 0.473. The zero-order valence-electron chi connectivity index (χ0n) is 15.7. The molecule has 0 aromatic heterocycles. The average Bonchev–Trinajstić information content (AvgIpc) is 3.52. The van der Waals surface area contributed by atoms with E-state index >= 15 is 0 Å². The van der Waals surface area contributed by atoms with E-state index in [2.05, 4.69) is 6.92 Å². The van der Waals surface area contributed by atoms with Crippen molar-refractivity contribution in [3.05, 3.63) is 54.1 Å². The summed E-state index contributed by atoms with van der Waals surface area (Å²) in [7, 11) is 0. The number of benzene rings is 2. The molecule has 2 aromatic rings. The maximum atomic E-state index is 12.2. The number of unbranched alkanes of at least 4 members (excludes halogenated alkanes) is 3. The van der Waals surface area contributed by atoms with E-state index in [1.807, 2.05) is 12.1 Å². The molecule has 3 rings (SSSR count). The Morgan fingerprint density at radius 3 is 2.22 bits per heavy atom. The third-order valence-corrected chi connectivity index (χ3v) is 4.23. The smallest absolute Gasteiger partial charge is 0.343 e. The molecule has 1 atom stereocenters. The molecular formula is C22H26O5. The first-order valence-electron chi connectivity index (χ1n) is 9.54. The lowest BCUT2D eigenvalue weighted by Gasteiger charge is -2.08. The SMILES string of the molecule is CCCCCCOc1ccc(OC(=O)c2ccc(OCC3CO3)cc2)cc1. The van der Waals surface area contributed by atoms with E-state index in [1.54, 1.807) is 36.4 Å². The summed E-state index contributed by atoms with van der Waals surface area (Å²) in [6.07, 6.45) is 4.89. The van der Waals surface area contributed by atoms with Gasteiger partial charge in [0.25, 0.3) is 0 Å². The van der Waals surface area contributed by atoms with Crippen molar-refractivity contribution in [3.63, 3.8) is 0 Å². The maximum absolute atomic E-state index is 12.2. The first-order chi connectivity index (χ1) is 13.2. The highest BCUT2D eigenvalue weighted by atomic mass is 16.6. The van der Waals surface area contributed by atoms with Crippen molar-refractivity contribution in [3.8, 4) is 17.2 Å². The van der Waals surface area contributed by atoms with E-state index in [4.69, 9.17) is 18.9 Å². The zero-order valence-corrected chi connectivity index (χ0v) is 15.7. The molecule has 1 saturated heterocycles. The highest BCUT2D eigenvalue weighted by Crippen LogP contribution is 2.20. The van der Waals surface area contributed by atoms with E-state index in [0.29, 0.717) is 30.3 Å². The highest BCUT2D eigenvalue weighted by molar-refractivity contribution is 5.91. The van der Waals surface area contributed by atoms with Crippen LogP contribution < -0.4 is 14.2 Å². The third kappa shape index (κ3) is 6.61. The Hall–Kier alpha value is -2.53. The minimum Gasteiger partial charge on any atom is -0.494 e.